The van der Waals surface area contributed by atoms with Crippen molar-refractivity contribution in [1.29, 1.82) is 0 Å². The van der Waals surface area contributed by atoms with Crippen LogP contribution in [0.1, 0.15) is 43.2 Å². The molecule has 22 heavy (non-hydrogen) atoms. The summed E-state index contributed by atoms with van der Waals surface area (Å²) in [5.74, 6) is -0.0381. The average molecular weight is 311 g/mol. The van der Waals surface area contributed by atoms with Gasteiger partial charge in [-0.3, -0.25) is 4.79 Å². The molecule has 0 saturated heterocycles. The van der Waals surface area contributed by atoms with Crippen LogP contribution in [-0.2, 0) is 11.0 Å². The number of amides is 1. The number of hydrogen-bond acceptors (Lipinski definition) is 1. The van der Waals surface area contributed by atoms with Crippen LogP contribution >= 0.6 is 0 Å². The minimum atomic E-state index is -4.36. The van der Waals surface area contributed by atoms with E-state index < -0.39 is 11.7 Å². The van der Waals surface area contributed by atoms with Gasteiger partial charge in [0, 0.05) is 19.0 Å². The fourth-order valence-corrected chi connectivity index (χ4v) is 3.25. The zero-order chi connectivity index (χ0) is 16.1. The van der Waals surface area contributed by atoms with E-state index in [-0.39, 0.29) is 29.3 Å². The van der Waals surface area contributed by atoms with Crippen LogP contribution in [0.5, 0.6) is 0 Å². The van der Waals surface area contributed by atoms with E-state index in [1.165, 1.54) is 12.1 Å². The summed E-state index contributed by atoms with van der Waals surface area (Å²) < 4.78 is 39.2. The van der Waals surface area contributed by atoms with Gasteiger partial charge in [-0.25, -0.2) is 0 Å². The van der Waals surface area contributed by atoms with Crippen molar-refractivity contribution in [3.8, 4) is 0 Å². The Balaban J connectivity index is 1.73. The van der Waals surface area contributed by atoms with Gasteiger partial charge in [0.2, 0.25) is 5.91 Å². The van der Waals surface area contributed by atoms with Crippen molar-refractivity contribution in [2.24, 2.45) is 11.8 Å². The van der Waals surface area contributed by atoms with Crippen molar-refractivity contribution in [1.82, 2.24) is 4.90 Å². The van der Waals surface area contributed by atoms with Crippen LogP contribution in [0, 0.1) is 11.8 Å². The molecule has 2 aliphatic rings. The van der Waals surface area contributed by atoms with E-state index in [1.54, 1.807) is 18.0 Å². The normalized spacial score (nSPS) is 25.7. The first kappa shape index (κ1) is 15.4. The summed E-state index contributed by atoms with van der Waals surface area (Å²) in [6.07, 6.45) is -1.55. The summed E-state index contributed by atoms with van der Waals surface area (Å²) in [4.78, 5) is 14.2. The molecule has 0 bridgehead atoms. The van der Waals surface area contributed by atoms with Crippen molar-refractivity contribution >= 4 is 5.91 Å². The predicted molar refractivity (Wildman–Crippen MR) is 77.2 cm³/mol. The SMILES string of the molecule is CC(C1CC1)N(C)C(=O)C1CC1c1ccccc1C(F)(F)F. The van der Waals surface area contributed by atoms with Gasteiger partial charge in [0.1, 0.15) is 0 Å². The average Bonchev–Trinajstić information content (AvgIpc) is 3.37. The second-order valence-corrected chi connectivity index (χ2v) is 6.56. The van der Waals surface area contributed by atoms with Crippen LogP contribution in [0.25, 0.3) is 0 Å². The Hall–Kier alpha value is -1.52. The third-order valence-corrected chi connectivity index (χ3v) is 5.04. The molecule has 1 amide bonds. The molecule has 0 heterocycles. The first-order valence-corrected chi connectivity index (χ1v) is 7.73. The molecular formula is C17H20F3NO. The summed E-state index contributed by atoms with van der Waals surface area (Å²) in [7, 11) is 1.77. The molecule has 2 aliphatic carbocycles. The maximum Gasteiger partial charge on any atom is 0.416 e. The van der Waals surface area contributed by atoms with Gasteiger partial charge in [0.25, 0.3) is 0 Å². The number of hydrogen-bond donors (Lipinski definition) is 0. The van der Waals surface area contributed by atoms with E-state index in [4.69, 9.17) is 0 Å². The van der Waals surface area contributed by atoms with Gasteiger partial charge >= 0.3 is 6.18 Å². The Morgan fingerprint density at radius 2 is 1.91 bits per heavy atom. The number of carbonyl (C=O) groups is 1. The van der Waals surface area contributed by atoms with Crippen LogP contribution in [0.3, 0.4) is 0 Å². The largest absolute Gasteiger partial charge is 0.416 e. The number of rotatable bonds is 4. The monoisotopic (exact) mass is 311 g/mol. The molecule has 0 aliphatic heterocycles. The quantitative estimate of drug-likeness (QED) is 0.821. The minimum Gasteiger partial charge on any atom is -0.343 e. The highest BCUT2D eigenvalue weighted by Crippen LogP contribution is 2.52. The Morgan fingerprint density at radius 3 is 2.50 bits per heavy atom. The highest BCUT2D eigenvalue weighted by Gasteiger charge is 2.49. The van der Waals surface area contributed by atoms with Crippen molar-refractivity contribution in [2.45, 2.75) is 44.3 Å². The molecule has 0 N–H and O–H groups in total. The molecule has 3 rings (SSSR count). The third kappa shape index (κ3) is 2.85. The van der Waals surface area contributed by atoms with Crippen molar-refractivity contribution in [3.63, 3.8) is 0 Å². The van der Waals surface area contributed by atoms with E-state index in [2.05, 4.69) is 0 Å². The van der Waals surface area contributed by atoms with Gasteiger partial charge in [-0.2, -0.15) is 13.2 Å². The van der Waals surface area contributed by atoms with Gasteiger partial charge in [0.15, 0.2) is 0 Å². The topological polar surface area (TPSA) is 20.3 Å². The highest BCUT2D eigenvalue weighted by molar-refractivity contribution is 5.83. The second-order valence-electron chi connectivity index (χ2n) is 6.56. The third-order valence-electron chi connectivity index (χ3n) is 5.04. The molecule has 1 aromatic carbocycles. The van der Waals surface area contributed by atoms with Gasteiger partial charge in [0.05, 0.1) is 5.56 Å². The molecule has 0 spiro atoms. The van der Waals surface area contributed by atoms with E-state index in [1.807, 2.05) is 6.92 Å². The lowest BCUT2D eigenvalue weighted by molar-refractivity contribution is -0.138. The number of alkyl halides is 3. The summed E-state index contributed by atoms with van der Waals surface area (Å²) in [6, 6.07) is 5.80. The maximum absolute atomic E-state index is 13.1. The minimum absolute atomic E-state index is 0.0126. The van der Waals surface area contributed by atoms with Crippen molar-refractivity contribution < 1.29 is 18.0 Å². The number of nitrogens with zero attached hydrogens (tertiary/aromatic N) is 1. The summed E-state index contributed by atoms with van der Waals surface area (Å²) in [5.41, 5.74) is -0.339. The highest BCUT2D eigenvalue weighted by atomic mass is 19.4. The fourth-order valence-electron chi connectivity index (χ4n) is 3.25. The van der Waals surface area contributed by atoms with Crippen LogP contribution in [-0.4, -0.2) is 23.9 Å². The van der Waals surface area contributed by atoms with Gasteiger partial charge in [-0.1, -0.05) is 18.2 Å². The molecule has 0 aromatic heterocycles. The number of halogens is 3. The van der Waals surface area contributed by atoms with Crippen LogP contribution in [0.15, 0.2) is 24.3 Å². The molecule has 120 valence electrons. The Kier molecular flexibility index (Phi) is 3.69. The predicted octanol–water partition coefficient (Wildman–Crippen LogP) is 4.07. The lowest BCUT2D eigenvalue weighted by atomic mass is 10.0. The maximum atomic E-state index is 13.1. The first-order chi connectivity index (χ1) is 10.3. The van der Waals surface area contributed by atoms with E-state index in [0.29, 0.717) is 12.3 Å². The summed E-state index contributed by atoms with van der Waals surface area (Å²) >= 11 is 0. The lowest BCUT2D eigenvalue weighted by Gasteiger charge is -2.25. The van der Waals surface area contributed by atoms with Gasteiger partial charge in [-0.05, 0) is 49.7 Å². The van der Waals surface area contributed by atoms with Gasteiger partial charge < -0.3 is 4.90 Å². The zero-order valence-corrected chi connectivity index (χ0v) is 12.7. The van der Waals surface area contributed by atoms with E-state index in [9.17, 15) is 18.0 Å². The van der Waals surface area contributed by atoms with Crippen LogP contribution in [0.2, 0.25) is 0 Å². The molecule has 0 radical (unpaired) electrons. The summed E-state index contributed by atoms with van der Waals surface area (Å²) in [6.45, 7) is 2.02. The van der Waals surface area contributed by atoms with Crippen molar-refractivity contribution in [3.05, 3.63) is 35.4 Å². The summed E-state index contributed by atoms with van der Waals surface area (Å²) in [5, 5.41) is 0. The molecule has 5 heteroatoms. The molecule has 3 atom stereocenters. The molecule has 3 unspecified atom stereocenters. The molecular weight excluding hydrogens is 291 g/mol. The Bertz CT molecular complexity index is 580. The van der Waals surface area contributed by atoms with Crippen LogP contribution < -0.4 is 0 Å². The number of carbonyl (C=O) groups excluding carboxylic acids is 1. The molecule has 2 fully saturated rings. The number of benzene rings is 1. The van der Waals surface area contributed by atoms with Crippen LogP contribution in [0.4, 0.5) is 13.2 Å². The molecule has 1 aromatic rings. The lowest BCUT2D eigenvalue weighted by Crippen LogP contribution is -2.37. The van der Waals surface area contributed by atoms with Crippen molar-refractivity contribution in [2.75, 3.05) is 7.05 Å². The smallest absolute Gasteiger partial charge is 0.343 e. The fraction of sp³-hybridized carbons (Fsp3) is 0.588. The standard InChI is InChI=1S/C17H20F3NO/c1-10(11-7-8-11)21(2)16(22)14-9-13(14)12-5-3-4-6-15(12)17(18,19)20/h3-6,10-11,13-14H,7-9H2,1-2H3. The molecule has 2 nitrogen and oxygen atoms in total. The Morgan fingerprint density at radius 1 is 1.27 bits per heavy atom. The first-order valence-electron chi connectivity index (χ1n) is 7.73. The second kappa shape index (κ2) is 5.28. The van der Waals surface area contributed by atoms with Gasteiger partial charge in [-0.15, -0.1) is 0 Å². The Labute approximate surface area is 128 Å². The zero-order valence-electron chi connectivity index (χ0n) is 12.7. The van der Waals surface area contributed by atoms with E-state index in [0.717, 1.165) is 18.9 Å². The molecule has 2 saturated carbocycles. The van der Waals surface area contributed by atoms with E-state index >= 15 is 0 Å².